The molecule has 1 saturated carbocycles. The summed E-state index contributed by atoms with van der Waals surface area (Å²) < 4.78 is 10.9. The molecule has 0 bridgehead atoms. The molecule has 0 aromatic carbocycles. The third kappa shape index (κ3) is 4.58. The quantitative estimate of drug-likeness (QED) is 0.711. The maximum atomic E-state index is 11.8. The summed E-state index contributed by atoms with van der Waals surface area (Å²) in [5.74, 6) is -0.195. The minimum Gasteiger partial charge on any atom is -0.465 e. The molecule has 106 valence electrons. The summed E-state index contributed by atoms with van der Waals surface area (Å²) in [7, 11) is 1.79. The molecule has 1 aliphatic rings. The van der Waals surface area contributed by atoms with Gasteiger partial charge in [0.25, 0.3) is 0 Å². The Morgan fingerprint density at radius 3 is 2.56 bits per heavy atom. The number of rotatable bonds is 7. The third-order valence-corrected chi connectivity index (χ3v) is 3.79. The first kappa shape index (κ1) is 15.4. The van der Waals surface area contributed by atoms with Gasteiger partial charge in [-0.3, -0.25) is 4.79 Å². The van der Waals surface area contributed by atoms with Gasteiger partial charge in [-0.25, -0.2) is 0 Å². The van der Waals surface area contributed by atoms with Crippen LogP contribution >= 0.6 is 0 Å². The van der Waals surface area contributed by atoms with Crippen LogP contribution in [0.1, 0.15) is 52.4 Å². The van der Waals surface area contributed by atoms with E-state index in [1.165, 1.54) is 19.3 Å². The smallest absolute Gasteiger partial charge is 0.326 e. The molecule has 0 saturated heterocycles. The molecule has 1 aliphatic carbocycles. The van der Waals surface area contributed by atoms with Crippen molar-refractivity contribution in [3.63, 3.8) is 0 Å². The molecule has 0 spiro atoms. The lowest BCUT2D eigenvalue weighted by atomic mass is 9.97. The summed E-state index contributed by atoms with van der Waals surface area (Å²) in [4.78, 5) is 11.8. The monoisotopic (exact) mass is 257 g/mol. The summed E-state index contributed by atoms with van der Waals surface area (Å²) >= 11 is 0. The number of carbonyl (C=O) groups excluding carboxylic acids is 1. The van der Waals surface area contributed by atoms with Crippen molar-refractivity contribution < 1.29 is 14.3 Å². The lowest BCUT2D eigenvalue weighted by Gasteiger charge is -2.28. The molecule has 0 heterocycles. The second-order valence-electron chi connectivity index (χ2n) is 5.18. The van der Waals surface area contributed by atoms with Crippen molar-refractivity contribution in [1.29, 1.82) is 0 Å². The third-order valence-electron chi connectivity index (χ3n) is 3.79. The molecular formula is C14H27NO3. The van der Waals surface area contributed by atoms with E-state index in [1.807, 2.05) is 13.8 Å². The molecule has 18 heavy (non-hydrogen) atoms. The van der Waals surface area contributed by atoms with Crippen molar-refractivity contribution in [1.82, 2.24) is 5.32 Å². The molecule has 1 rings (SSSR count). The van der Waals surface area contributed by atoms with Gasteiger partial charge in [0.15, 0.2) is 0 Å². The van der Waals surface area contributed by atoms with Crippen molar-refractivity contribution in [3.8, 4) is 0 Å². The Morgan fingerprint density at radius 1 is 1.33 bits per heavy atom. The van der Waals surface area contributed by atoms with Gasteiger partial charge in [-0.05, 0) is 40.2 Å². The second kappa shape index (κ2) is 7.74. The Kier molecular flexibility index (Phi) is 6.65. The fraction of sp³-hybridized carbons (Fsp3) is 0.929. The van der Waals surface area contributed by atoms with Crippen molar-refractivity contribution >= 4 is 5.97 Å². The number of carbonyl (C=O) groups is 1. The van der Waals surface area contributed by atoms with Crippen LogP contribution in [0.2, 0.25) is 0 Å². The molecule has 0 amide bonds. The van der Waals surface area contributed by atoms with E-state index < -0.39 is 5.54 Å². The van der Waals surface area contributed by atoms with E-state index in [9.17, 15) is 4.79 Å². The Bertz CT molecular complexity index is 251. The maximum Gasteiger partial charge on any atom is 0.326 e. The number of likely N-dealkylation sites (N-methyl/N-ethyl adjacent to an activating group) is 1. The van der Waals surface area contributed by atoms with Crippen molar-refractivity contribution in [2.24, 2.45) is 0 Å². The lowest BCUT2D eigenvalue weighted by molar-refractivity contribution is -0.151. The van der Waals surface area contributed by atoms with E-state index >= 15 is 0 Å². The number of nitrogens with one attached hydrogen (secondary N) is 1. The predicted octanol–water partition coefficient (Wildman–Crippen LogP) is 2.27. The highest BCUT2D eigenvalue weighted by atomic mass is 16.5. The van der Waals surface area contributed by atoms with E-state index in [2.05, 4.69) is 5.32 Å². The number of ether oxygens (including phenoxy) is 2. The van der Waals surface area contributed by atoms with Crippen LogP contribution in [0.5, 0.6) is 0 Å². The lowest BCUT2D eigenvalue weighted by Crippen LogP contribution is -2.49. The van der Waals surface area contributed by atoms with Gasteiger partial charge in [-0.15, -0.1) is 0 Å². The summed E-state index contributed by atoms with van der Waals surface area (Å²) in [6, 6.07) is 0. The van der Waals surface area contributed by atoms with Gasteiger partial charge in [-0.2, -0.15) is 0 Å². The molecule has 1 fully saturated rings. The first-order valence-electron chi connectivity index (χ1n) is 7.10. The minimum atomic E-state index is -0.634. The highest BCUT2D eigenvalue weighted by Gasteiger charge is 2.32. The van der Waals surface area contributed by atoms with Crippen LogP contribution in [-0.4, -0.2) is 37.9 Å². The molecule has 0 aliphatic heterocycles. The summed E-state index contributed by atoms with van der Waals surface area (Å²) in [5.41, 5.74) is -0.634. The fourth-order valence-corrected chi connectivity index (χ4v) is 2.28. The maximum absolute atomic E-state index is 11.8. The predicted molar refractivity (Wildman–Crippen MR) is 71.5 cm³/mol. The van der Waals surface area contributed by atoms with Gasteiger partial charge in [0.05, 0.1) is 12.7 Å². The largest absolute Gasteiger partial charge is 0.465 e. The fourth-order valence-electron chi connectivity index (χ4n) is 2.28. The average molecular weight is 257 g/mol. The normalized spacial score (nSPS) is 20.4. The zero-order valence-corrected chi connectivity index (χ0v) is 12.0. The molecule has 0 aromatic rings. The summed E-state index contributed by atoms with van der Waals surface area (Å²) in [5, 5.41) is 3.05. The Hall–Kier alpha value is -0.610. The van der Waals surface area contributed by atoms with Crippen LogP contribution in [0.3, 0.4) is 0 Å². The van der Waals surface area contributed by atoms with Gasteiger partial charge in [0.1, 0.15) is 5.54 Å². The van der Waals surface area contributed by atoms with E-state index in [-0.39, 0.29) is 5.97 Å². The molecule has 0 aromatic heterocycles. The van der Waals surface area contributed by atoms with E-state index in [4.69, 9.17) is 9.47 Å². The molecule has 4 nitrogen and oxygen atoms in total. The van der Waals surface area contributed by atoms with Crippen LogP contribution < -0.4 is 5.32 Å². The Balaban J connectivity index is 2.31. The van der Waals surface area contributed by atoms with Crippen LogP contribution in [-0.2, 0) is 14.3 Å². The van der Waals surface area contributed by atoms with Crippen molar-refractivity contribution in [3.05, 3.63) is 0 Å². The summed E-state index contributed by atoms with van der Waals surface area (Å²) in [6.07, 6.45) is 7.24. The van der Waals surface area contributed by atoms with Gasteiger partial charge in [-0.1, -0.05) is 19.3 Å². The first-order chi connectivity index (χ1) is 8.62. The van der Waals surface area contributed by atoms with Gasteiger partial charge >= 0.3 is 5.97 Å². The topological polar surface area (TPSA) is 47.6 Å². The average Bonchev–Trinajstić information content (AvgIpc) is 2.40. The van der Waals surface area contributed by atoms with E-state index in [0.29, 0.717) is 25.7 Å². The van der Waals surface area contributed by atoms with Crippen LogP contribution in [0.15, 0.2) is 0 Å². The van der Waals surface area contributed by atoms with Gasteiger partial charge in [0.2, 0.25) is 0 Å². The number of esters is 1. The standard InChI is InChI=1S/C14H27NO3/c1-4-17-13(16)14(2,15-3)10-11-18-12-8-6-5-7-9-12/h12,15H,4-11H2,1-3H3. The van der Waals surface area contributed by atoms with E-state index in [1.54, 1.807) is 7.05 Å². The van der Waals surface area contributed by atoms with Crippen molar-refractivity contribution in [2.75, 3.05) is 20.3 Å². The molecule has 1 atom stereocenters. The molecule has 1 N–H and O–H groups in total. The zero-order chi connectivity index (χ0) is 13.4. The molecular weight excluding hydrogens is 230 g/mol. The Morgan fingerprint density at radius 2 is 2.00 bits per heavy atom. The highest BCUT2D eigenvalue weighted by molar-refractivity contribution is 5.80. The van der Waals surface area contributed by atoms with Crippen molar-refractivity contribution in [2.45, 2.75) is 64.0 Å². The number of hydrogen-bond donors (Lipinski definition) is 1. The van der Waals surface area contributed by atoms with Crippen LogP contribution in [0.25, 0.3) is 0 Å². The SMILES string of the molecule is CCOC(=O)C(C)(CCOC1CCCCC1)NC. The molecule has 0 radical (unpaired) electrons. The second-order valence-corrected chi connectivity index (χ2v) is 5.18. The van der Waals surface area contributed by atoms with Crippen LogP contribution in [0.4, 0.5) is 0 Å². The molecule has 1 unspecified atom stereocenters. The first-order valence-corrected chi connectivity index (χ1v) is 7.10. The van der Waals surface area contributed by atoms with Gasteiger partial charge < -0.3 is 14.8 Å². The van der Waals surface area contributed by atoms with E-state index in [0.717, 1.165) is 12.8 Å². The summed E-state index contributed by atoms with van der Waals surface area (Å²) in [6.45, 7) is 4.72. The van der Waals surface area contributed by atoms with Gasteiger partial charge in [0, 0.05) is 6.61 Å². The minimum absolute atomic E-state index is 0.195. The zero-order valence-electron chi connectivity index (χ0n) is 12.0. The number of hydrogen-bond acceptors (Lipinski definition) is 4. The van der Waals surface area contributed by atoms with Crippen LogP contribution in [0, 0.1) is 0 Å². The Labute approximate surface area is 110 Å². The highest BCUT2D eigenvalue weighted by Crippen LogP contribution is 2.21. The molecule has 4 heteroatoms.